The van der Waals surface area contributed by atoms with Crippen molar-refractivity contribution in [3.8, 4) is 0 Å². The minimum atomic E-state index is 0.276. The number of nitrogens with two attached hydrogens (primary N) is 2. The van der Waals surface area contributed by atoms with Gasteiger partial charge >= 0.3 is 0 Å². The number of nitrogen functional groups attached to an aromatic ring is 2. The number of nitrogens with zero attached hydrogens (tertiary/aromatic N) is 2. The lowest BCUT2D eigenvalue weighted by Crippen LogP contribution is -2.07. The first-order chi connectivity index (χ1) is 8.16. The van der Waals surface area contributed by atoms with Crippen molar-refractivity contribution in [3.05, 3.63) is 41.2 Å². The van der Waals surface area contributed by atoms with Gasteiger partial charge in [0.1, 0.15) is 12.0 Å². The molecular formula is C11H12ClN5. The van der Waals surface area contributed by atoms with Gasteiger partial charge < -0.3 is 16.8 Å². The maximum absolute atomic E-state index is 5.80. The molecule has 2 rings (SSSR count). The molecule has 5 N–H and O–H groups in total. The summed E-state index contributed by atoms with van der Waals surface area (Å²) >= 11 is 5.80. The molecular weight excluding hydrogens is 238 g/mol. The molecule has 0 saturated heterocycles. The van der Waals surface area contributed by atoms with E-state index in [1.807, 2.05) is 24.3 Å². The fourth-order valence-electron chi connectivity index (χ4n) is 1.34. The average Bonchev–Trinajstić information content (AvgIpc) is 2.33. The first kappa shape index (κ1) is 11.5. The van der Waals surface area contributed by atoms with E-state index in [1.54, 1.807) is 0 Å². The van der Waals surface area contributed by atoms with Crippen molar-refractivity contribution in [1.29, 1.82) is 0 Å². The van der Waals surface area contributed by atoms with E-state index in [-0.39, 0.29) is 5.82 Å². The Morgan fingerprint density at radius 2 is 1.82 bits per heavy atom. The Morgan fingerprint density at radius 3 is 2.53 bits per heavy atom. The van der Waals surface area contributed by atoms with E-state index in [9.17, 15) is 0 Å². The lowest BCUT2D eigenvalue weighted by Gasteiger charge is -2.08. The van der Waals surface area contributed by atoms with Crippen LogP contribution in [-0.4, -0.2) is 9.97 Å². The van der Waals surface area contributed by atoms with Gasteiger partial charge in [0.15, 0.2) is 11.6 Å². The second-order valence-electron chi connectivity index (χ2n) is 3.50. The molecule has 0 radical (unpaired) electrons. The third kappa shape index (κ3) is 2.76. The molecule has 0 unspecified atom stereocenters. The topological polar surface area (TPSA) is 89.8 Å². The fourth-order valence-corrected chi connectivity index (χ4v) is 1.46. The van der Waals surface area contributed by atoms with Crippen LogP contribution in [0.2, 0.25) is 5.02 Å². The number of anilines is 3. The summed E-state index contributed by atoms with van der Waals surface area (Å²) in [5.41, 5.74) is 12.8. The van der Waals surface area contributed by atoms with Crippen LogP contribution in [0.4, 0.5) is 17.3 Å². The molecule has 6 heteroatoms. The van der Waals surface area contributed by atoms with Crippen LogP contribution < -0.4 is 16.8 Å². The van der Waals surface area contributed by atoms with Crippen molar-refractivity contribution in [2.75, 3.05) is 16.8 Å². The van der Waals surface area contributed by atoms with E-state index in [4.69, 9.17) is 23.1 Å². The third-order valence-corrected chi connectivity index (χ3v) is 2.54. The normalized spacial score (nSPS) is 10.2. The van der Waals surface area contributed by atoms with Gasteiger partial charge in [-0.25, -0.2) is 9.97 Å². The number of hydrogen-bond donors (Lipinski definition) is 3. The Kier molecular flexibility index (Phi) is 3.30. The summed E-state index contributed by atoms with van der Waals surface area (Å²) in [5.74, 6) is 0.811. The van der Waals surface area contributed by atoms with E-state index in [1.165, 1.54) is 6.33 Å². The van der Waals surface area contributed by atoms with Crippen molar-refractivity contribution in [2.24, 2.45) is 0 Å². The highest BCUT2D eigenvalue weighted by Crippen LogP contribution is 2.20. The van der Waals surface area contributed by atoms with E-state index >= 15 is 0 Å². The number of rotatable bonds is 3. The lowest BCUT2D eigenvalue weighted by molar-refractivity contribution is 1.09. The summed E-state index contributed by atoms with van der Waals surface area (Å²) in [4.78, 5) is 7.81. The second-order valence-corrected chi connectivity index (χ2v) is 3.94. The van der Waals surface area contributed by atoms with E-state index in [0.717, 1.165) is 5.56 Å². The molecule has 1 aromatic carbocycles. The van der Waals surface area contributed by atoms with Crippen LogP contribution in [0.25, 0.3) is 0 Å². The van der Waals surface area contributed by atoms with Gasteiger partial charge in [-0.1, -0.05) is 23.7 Å². The highest BCUT2D eigenvalue weighted by molar-refractivity contribution is 6.30. The Labute approximate surface area is 104 Å². The molecule has 17 heavy (non-hydrogen) atoms. The number of benzene rings is 1. The molecule has 0 aliphatic carbocycles. The summed E-state index contributed by atoms with van der Waals surface area (Å²) in [6.45, 7) is 0.595. The van der Waals surface area contributed by atoms with Gasteiger partial charge in [0.2, 0.25) is 0 Å². The van der Waals surface area contributed by atoms with Crippen LogP contribution >= 0.6 is 11.6 Å². The molecule has 0 amide bonds. The minimum Gasteiger partial charge on any atom is -0.393 e. The highest BCUT2D eigenvalue weighted by atomic mass is 35.5. The standard InChI is InChI=1S/C11H12ClN5/c12-8-3-1-7(2-4-8)5-15-11-9(13)10(14)16-6-17-11/h1-4,6H,5,13H2,(H3,14,15,16,17). The maximum Gasteiger partial charge on any atom is 0.155 e. The van der Waals surface area contributed by atoms with Crippen molar-refractivity contribution in [1.82, 2.24) is 9.97 Å². The number of hydrogen-bond acceptors (Lipinski definition) is 5. The van der Waals surface area contributed by atoms with Crippen LogP contribution in [0.1, 0.15) is 5.56 Å². The molecule has 1 aromatic heterocycles. The quantitative estimate of drug-likeness (QED) is 0.773. The van der Waals surface area contributed by atoms with Crippen LogP contribution in [0.3, 0.4) is 0 Å². The van der Waals surface area contributed by atoms with Crippen LogP contribution in [0, 0.1) is 0 Å². The van der Waals surface area contributed by atoms with Crippen molar-refractivity contribution in [3.63, 3.8) is 0 Å². The molecule has 0 aliphatic heterocycles. The molecule has 0 fully saturated rings. The first-order valence-electron chi connectivity index (χ1n) is 5.01. The van der Waals surface area contributed by atoms with E-state index < -0.39 is 0 Å². The summed E-state index contributed by atoms with van der Waals surface area (Å²) in [5, 5.41) is 3.80. The summed E-state index contributed by atoms with van der Waals surface area (Å²) in [7, 11) is 0. The Balaban J connectivity index is 2.07. The molecule has 88 valence electrons. The monoisotopic (exact) mass is 249 g/mol. The smallest absolute Gasteiger partial charge is 0.155 e. The van der Waals surface area contributed by atoms with Gasteiger partial charge in [0.25, 0.3) is 0 Å². The Bertz CT molecular complexity index is 512. The lowest BCUT2D eigenvalue weighted by atomic mass is 10.2. The molecule has 5 nitrogen and oxygen atoms in total. The van der Waals surface area contributed by atoms with Gasteiger partial charge in [0, 0.05) is 11.6 Å². The zero-order valence-corrected chi connectivity index (χ0v) is 9.78. The fraction of sp³-hybridized carbons (Fsp3) is 0.0909. The number of halogens is 1. The molecule has 0 saturated carbocycles. The zero-order valence-electron chi connectivity index (χ0n) is 9.02. The van der Waals surface area contributed by atoms with Gasteiger partial charge in [-0.3, -0.25) is 0 Å². The molecule has 0 spiro atoms. The van der Waals surface area contributed by atoms with E-state index in [0.29, 0.717) is 23.1 Å². The largest absolute Gasteiger partial charge is 0.393 e. The van der Waals surface area contributed by atoms with Crippen molar-refractivity contribution in [2.45, 2.75) is 6.54 Å². The number of nitrogens with one attached hydrogen (secondary N) is 1. The summed E-state index contributed by atoms with van der Waals surface area (Å²) in [6, 6.07) is 7.51. The van der Waals surface area contributed by atoms with Gasteiger partial charge in [-0.15, -0.1) is 0 Å². The van der Waals surface area contributed by atoms with Crippen LogP contribution in [-0.2, 0) is 6.54 Å². The van der Waals surface area contributed by atoms with Gasteiger partial charge in [-0.2, -0.15) is 0 Å². The first-order valence-corrected chi connectivity index (χ1v) is 5.39. The SMILES string of the molecule is Nc1ncnc(NCc2ccc(Cl)cc2)c1N. The van der Waals surface area contributed by atoms with Crippen LogP contribution in [0.15, 0.2) is 30.6 Å². The molecule has 2 aromatic rings. The van der Waals surface area contributed by atoms with Crippen LogP contribution in [0.5, 0.6) is 0 Å². The zero-order chi connectivity index (χ0) is 12.3. The maximum atomic E-state index is 5.80. The van der Waals surface area contributed by atoms with Gasteiger partial charge in [-0.05, 0) is 17.7 Å². The van der Waals surface area contributed by atoms with Crippen molar-refractivity contribution < 1.29 is 0 Å². The molecule has 0 atom stereocenters. The predicted octanol–water partition coefficient (Wildman–Crippen LogP) is 1.91. The Hall–Kier alpha value is -2.01. The predicted molar refractivity (Wildman–Crippen MR) is 69.6 cm³/mol. The van der Waals surface area contributed by atoms with Gasteiger partial charge in [0.05, 0.1) is 0 Å². The highest BCUT2D eigenvalue weighted by Gasteiger charge is 2.04. The molecule has 1 heterocycles. The van der Waals surface area contributed by atoms with E-state index in [2.05, 4.69) is 15.3 Å². The molecule has 0 aliphatic rings. The molecule has 0 bridgehead atoms. The summed E-state index contributed by atoms with van der Waals surface area (Å²) in [6.07, 6.45) is 1.37. The summed E-state index contributed by atoms with van der Waals surface area (Å²) < 4.78 is 0. The second kappa shape index (κ2) is 4.88. The minimum absolute atomic E-state index is 0.276. The third-order valence-electron chi connectivity index (χ3n) is 2.29. The average molecular weight is 250 g/mol. The number of aromatic nitrogens is 2. The van der Waals surface area contributed by atoms with Crippen molar-refractivity contribution >= 4 is 28.9 Å². The Morgan fingerprint density at radius 1 is 1.12 bits per heavy atom.